The van der Waals surface area contributed by atoms with E-state index in [1.165, 1.54) is 45.2 Å². The number of carbonyl (C=O) groups excluding carboxylic acids is 2. The lowest BCUT2D eigenvalue weighted by atomic mass is 10.1. The molecule has 0 aromatic heterocycles. The SMILES string of the molecule is COc1c(F)cccc1C=C1C(=O)OC(C)(C)OC1=O. The number of methoxy groups -OCH3 is 1. The number of para-hydroxylation sites is 1. The van der Waals surface area contributed by atoms with Gasteiger partial charge >= 0.3 is 11.9 Å². The highest BCUT2D eigenvalue weighted by molar-refractivity contribution is 6.19. The predicted molar refractivity (Wildman–Crippen MR) is 67.2 cm³/mol. The highest BCUT2D eigenvalue weighted by Gasteiger charge is 2.39. The number of hydrogen-bond donors (Lipinski definition) is 0. The molecule has 106 valence electrons. The Morgan fingerprint density at radius 1 is 1.20 bits per heavy atom. The summed E-state index contributed by atoms with van der Waals surface area (Å²) in [6.07, 6.45) is 1.18. The molecule has 20 heavy (non-hydrogen) atoms. The highest BCUT2D eigenvalue weighted by Crippen LogP contribution is 2.28. The molecule has 0 aliphatic carbocycles. The van der Waals surface area contributed by atoms with Gasteiger partial charge in [0.15, 0.2) is 11.6 Å². The summed E-state index contributed by atoms with van der Waals surface area (Å²) < 4.78 is 28.3. The minimum atomic E-state index is -1.31. The summed E-state index contributed by atoms with van der Waals surface area (Å²) in [6, 6.07) is 4.16. The average Bonchev–Trinajstić information content (AvgIpc) is 2.32. The Balaban J connectivity index is 2.44. The fourth-order valence-corrected chi connectivity index (χ4v) is 1.79. The maximum Gasteiger partial charge on any atom is 0.348 e. The van der Waals surface area contributed by atoms with Crippen LogP contribution in [0.1, 0.15) is 19.4 Å². The quantitative estimate of drug-likeness (QED) is 0.471. The Morgan fingerprint density at radius 2 is 1.80 bits per heavy atom. The number of esters is 2. The van der Waals surface area contributed by atoms with Crippen LogP contribution in [-0.2, 0) is 19.1 Å². The number of halogens is 1. The van der Waals surface area contributed by atoms with Gasteiger partial charge in [0.2, 0.25) is 0 Å². The number of cyclic esters (lactones) is 2. The molecule has 2 rings (SSSR count). The molecule has 0 bridgehead atoms. The molecule has 1 aromatic carbocycles. The molecule has 0 unspecified atom stereocenters. The van der Waals surface area contributed by atoms with Crippen molar-refractivity contribution >= 4 is 18.0 Å². The summed E-state index contributed by atoms with van der Waals surface area (Å²) in [5, 5.41) is 0. The Morgan fingerprint density at radius 3 is 2.35 bits per heavy atom. The lowest BCUT2D eigenvalue weighted by molar-refractivity contribution is -0.222. The third kappa shape index (κ3) is 2.64. The van der Waals surface area contributed by atoms with E-state index in [9.17, 15) is 14.0 Å². The van der Waals surface area contributed by atoms with E-state index in [0.29, 0.717) is 0 Å². The van der Waals surface area contributed by atoms with Crippen molar-refractivity contribution in [1.82, 2.24) is 0 Å². The van der Waals surface area contributed by atoms with E-state index >= 15 is 0 Å². The lowest BCUT2D eigenvalue weighted by Gasteiger charge is -2.29. The molecule has 1 aliphatic heterocycles. The van der Waals surface area contributed by atoms with Crippen molar-refractivity contribution in [3.05, 3.63) is 35.2 Å². The van der Waals surface area contributed by atoms with Gasteiger partial charge in [0, 0.05) is 19.4 Å². The zero-order chi connectivity index (χ0) is 14.9. The maximum absolute atomic E-state index is 13.5. The van der Waals surface area contributed by atoms with Gasteiger partial charge in [-0.05, 0) is 12.1 Å². The van der Waals surface area contributed by atoms with E-state index in [4.69, 9.17) is 14.2 Å². The highest BCUT2D eigenvalue weighted by atomic mass is 19.1. The minimum absolute atomic E-state index is 0.0644. The fourth-order valence-electron chi connectivity index (χ4n) is 1.79. The zero-order valence-corrected chi connectivity index (χ0v) is 11.2. The van der Waals surface area contributed by atoms with Crippen LogP contribution < -0.4 is 4.74 Å². The van der Waals surface area contributed by atoms with E-state index in [1.54, 1.807) is 0 Å². The van der Waals surface area contributed by atoms with Crippen molar-refractivity contribution in [2.24, 2.45) is 0 Å². The van der Waals surface area contributed by atoms with E-state index in [-0.39, 0.29) is 16.9 Å². The Labute approximate surface area is 114 Å². The number of benzene rings is 1. The fraction of sp³-hybridized carbons (Fsp3) is 0.286. The second kappa shape index (κ2) is 4.96. The van der Waals surface area contributed by atoms with Gasteiger partial charge in [0.25, 0.3) is 5.79 Å². The Bertz CT molecular complexity index is 582. The molecule has 0 N–H and O–H groups in total. The van der Waals surface area contributed by atoms with Gasteiger partial charge in [-0.3, -0.25) is 0 Å². The summed E-state index contributed by atoms with van der Waals surface area (Å²) in [6.45, 7) is 2.89. The first kappa shape index (κ1) is 14.0. The maximum atomic E-state index is 13.5. The Hall–Kier alpha value is -2.37. The second-order valence-corrected chi connectivity index (χ2v) is 4.60. The molecule has 0 amide bonds. The van der Waals surface area contributed by atoms with Gasteiger partial charge < -0.3 is 14.2 Å². The first-order valence-corrected chi connectivity index (χ1v) is 5.85. The zero-order valence-electron chi connectivity index (χ0n) is 11.2. The van der Waals surface area contributed by atoms with Crippen molar-refractivity contribution in [3.63, 3.8) is 0 Å². The summed E-state index contributed by atoms with van der Waals surface area (Å²) in [7, 11) is 1.29. The van der Waals surface area contributed by atoms with Crippen molar-refractivity contribution < 1.29 is 28.2 Å². The minimum Gasteiger partial charge on any atom is -0.493 e. The Kier molecular flexibility index (Phi) is 3.48. The van der Waals surface area contributed by atoms with Crippen LogP contribution in [0.15, 0.2) is 23.8 Å². The van der Waals surface area contributed by atoms with Crippen LogP contribution in [0.2, 0.25) is 0 Å². The van der Waals surface area contributed by atoms with Gasteiger partial charge in [-0.25, -0.2) is 14.0 Å². The van der Waals surface area contributed by atoms with Crippen LogP contribution in [0.5, 0.6) is 5.75 Å². The summed E-state index contributed by atoms with van der Waals surface area (Å²) in [4.78, 5) is 23.6. The van der Waals surface area contributed by atoms with Crippen LogP contribution in [-0.4, -0.2) is 24.8 Å². The number of carbonyl (C=O) groups is 2. The summed E-state index contributed by atoms with van der Waals surface area (Å²) in [5.41, 5.74) is -0.0654. The van der Waals surface area contributed by atoms with Crippen molar-refractivity contribution in [2.45, 2.75) is 19.6 Å². The van der Waals surface area contributed by atoms with E-state index in [1.807, 2.05) is 0 Å². The second-order valence-electron chi connectivity index (χ2n) is 4.60. The normalized spacial score (nSPS) is 17.3. The summed E-state index contributed by atoms with van der Waals surface area (Å²) in [5.74, 6) is -3.61. The molecule has 1 fully saturated rings. The largest absolute Gasteiger partial charge is 0.493 e. The summed E-state index contributed by atoms with van der Waals surface area (Å²) >= 11 is 0. The molecule has 1 saturated heterocycles. The predicted octanol–water partition coefficient (Wildman–Crippen LogP) is 2.05. The molecule has 1 aromatic rings. The third-order valence-corrected chi connectivity index (χ3v) is 2.62. The topological polar surface area (TPSA) is 61.8 Å². The van der Waals surface area contributed by atoms with Crippen LogP contribution in [0.25, 0.3) is 6.08 Å². The third-order valence-electron chi connectivity index (χ3n) is 2.62. The van der Waals surface area contributed by atoms with Crippen molar-refractivity contribution in [1.29, 1.82) is 0 Å². The van der Waals surface area contributed by atoms with E-state index in [2.05, 4.69) is 0 Å². The molecule has 6 heteroatoms. The van der Waals surface area contributed by atoms with Gasteiger partial charge in [-0.2, -0.15) is 0 Å². The molecule has 1 aliphatic rings. The van der Waals surface area contributed by atoms with Gasteiger partial charge in [-0.15, -0.1) is 0 Å². The van der Waals surface area contributed by atoms with Gasteiger partial charge in [0.1, 0.15) is 5.57 Å². The van der Waals surface area contributed by atoms with E-state index < -0.39 is 23.5 Å². The standard InChI is InChI=1S/C14H13FO5/c1-14(2)19-12(16)9(13(17)20-14)7-8-5-4-6-10(15)11(8)18-3/h4-7H,1-3H3. The van der Waals surface area contributed by atoms with Crippen LogP contribution in [0, 0.1) is 5.82 Å². The van der Waals surface area contributed by atoms with Gasteiger partial charge in [0.05, 0.1) is 7.11 Å². The molecule has 0 radical (unpaired) electrons. The molecule has 0 saturated carbocycles. The number of rotatable bonds is 2. The van der Waals surface area contributed by atoms with E-state index in [0.717, 1.165) is 0 Å². The molecule has 0 spiro atoms. The number of ether oxygens (including phenoxy) is 3. The molecule has 1 heterocycles. The molecule has 5 nitrogen and oxygen atoms in total. The smallest absolute Gasteiger partial charge is 0.348 e. The van der Waals surface area contributed by atoms with Crippen LogP contribution >= 0.6 is 0 Å². The average molecular weight is 280 g/mol. The first-order chi connectivity index (χ1) is 9.34. The molecule has 0 atom stereocenters. The van der Waals surface area contributed by atoms with Crippen LogP contribution in [0.4, 0.5) is 4.39 Å². The monoisotopic (exact) mass is 280 g/mol. The van der Waals surface area contributed by atoms with Crippen molar-refractivity contribution in [3.8, 4) is 5.75 Å². The lowest BCUT2D eigenvalue weighted by Crippen LogP contribution is -2.41. The molecular weight excluding hydrogens is 267 g/mol. The van der Waals surface area contributed by atoms with Gasteiger partial charge in [-0.1, -0.05) is 12.1 Å². The van der Waals surface area contributed by atoms with Crippen molar-refractivity contribution in [2.75, 3.05) is 7.11 Å². The molecular formula is C14H13FO5. The first-order valence-electron chi connectivity index (χ1n) is 5.85. The number of hydrogen-bond acceptors (Lipinski definition) is 5. The van der Waals surface area contributed by atoms with Crippen LogP contribution in [0.3, 0.4) is 0 Å².